The number of hydrogen-bond acceptors (Lipinski definition) is 2. The van der Waals surface area contributed by atoms with Crippen LogP contribution in [0.15, 0.2) is 18.2 Å². The van der Waals surface area contributed by atoms with Crippen molar-refractivity contribution in [2.75, 3.05) is 0 Å². The number of aromatic carboxylic acids is 1. The molecule has 0 aliphatic rings. The second-order valence-corrected chi connectivity index (χ2v) is 5.12. The molecule has 0 bridgehead atoms. The fourth-order valence-corrected chi connectivity index (χ4v) is 2.64. The summed E-state index contributed by atoms with van der Waals surface area (Å²) in [4.78, 5) is 21.3. The summed E-state index contributed by atoms with van der Waals surface area (Å²) in [5.41, 5.74) is 1.08. The predicted octanol–water partition coefficient (Wildman–Crippen LogP) is 0.526. The zero-order chi connectivity index (χ0) is 11.4. The monoisotopic (exact) mass is 274 g/mol. The van der Waals surface area contributed by atoms with Gasteiger partial charge in [-0.25, -0.2) is 0 Å². The molecule has 1 aromatic rings. The topological polar surface area (TPSA) is 74.6 Å². The van der Waals surface area contributed by atoms with Gasteiger partial charge in [0.05, 0.1) is 0 Å². The summed E-state index contributed by atoms with van der Waals surface area (Å²) in [7, 11) is 0. The summed E-state index contributed by atoms with van der Waals surface area (Å²) in [5, 5.41) is 17.5. The fourth-order valence-electron chi connectivity index (χ4n) is 1.08. The number of carboxylic acid groups (broad SMARTS) is 2. The third-order valence-corrected chi connectivity index (χ3v) is 3.94. The first kappa shape index (κ1) is 11.8. The minimum atomic E-state index is -0.999. The van der Waals surface area contributed by atoms with Crippen LogP contribution in [0, 0.1) is 6.92 Å². The molecule has 0 spiro atoms. The number of carbonyl (C=O) groups is 2. The molecule has 80 valence electrons. The summed E-state index contributed by atoms with van der Waals surface area (Å²) in [5.74, 6) is -1.90. The Morgan fingerprint density at radius 1 is 1.33 bits per heavy atom. The molecule has 4 nitrogen and oxygen atoms in total. The molecular formula is C10H10O4Se. The number of aryl methyl sites for hydroxylation is 1. The van der Waals surface area contributed by atoms with Crippen molar-refractivity contribution in [1.29, 1.82) is 0 Å². The van der Waals surface area contributed by atoms with E-state index >= 15 is 0 Å². The van der Waals surface area contributed by atoms with Gasteiger partial charge in [0.1, 0.15) is 0 Å². The van der Waals surface area contributed by atoms with E-state index in [9.17, 15) is 9.59 Å². The molecule has 2 N–H and O–H groups in total. The number of carboxylic acids is 2. The Hall–Kier alpha value is -1.32. The molecule has 0 fully saturated rings. The standard InChI is InChI=1S/C10H10O4Se/c1-6-2-3-8(15-5-9(11)12)7(4-6)10(13)14/h2-4H,5H2,1H3,(H,11,12)(H,13,14). The molecule has 1 rings (SSSR count). The molecule has 15 heavy (non-hydrogen) atoms. The van der Waals surface area contributed by atoms with E-state index in [1.807, 2.05) is 0 Å². The maximum absolute atomic E-state index is 10.9. The van der Waals surface area contributed by atoms with Crippen LogP contribution in [0.2, 0.25) is 5.32 Å². The first-order chi connectivity index (χ1) is 7.00. The normalized spacial score (nSPS) is 9.93. The van der Waals surface area contributed by atoms with Crippen molar-refractivity contribution in [3.63, 3.8) is 0 Å². The van der Waals surface area contributed by atoms with E-state index in [2.05, 4.69) is 0 Å². The maximum atomic E-state index is 10.9. The second-order valence-electron chi connectivity index (χ2n) is 2.99. The van der Waals surface area contributed by atoms with Crippen LogP contribution in [0.1, 0.15) is 15.9 Å². The first-order valence-corrected chi connectivity index (χ1v) is 6.26. The molecule has 0 saturated carbocycles. The second kappa shape index (κ2) is 4.96. The Morgan fingerprint density at radius 3 is 2.53 bits per heavy atom. The summed E-state index contributed by atoms with van der Waals surface area (Å²) in [6.45, 7) is 1.81. The van der Waals surface area contributed by atoms with Gasteiger partial charge in [-0.1, -0.05) is 0 Å². The van der Waals surface area contributed by atoms with Crippen molar-refractivity contribution in [3.05, 3.63) is 29.3 Å². The SMILES string of the molecule is Cc1ccc([Se]CC(=O)O)c(C(=O)O)c1. The van der Waals surface area contributed by atoms with Gasteiger partial charge in [0.25, 0.3) is 0 Å². The van der Waals surface area contributed by atoms with Crippen LogP contribution in [-0.4, -0.2) is 37.1 Å². The molecule has 0 saturated heterocycles. The van der Waals surface area contributed by atoms with Crippen molar-refractivity contribution >= 4 is 31.4 Å². The summed E-state index contributed by atoms with van der Waals surface area (Å²) < 4.78 is 0.628. The average molecular weight is 273 g/mol. The summed E-state index contributed by atoms with van der Waals surface area (Å²) in [6, 6.07) is 5.06. The quantitative estimate of drug-likeness (QED) is 0.784. The molecule has 0 aliphatic heterocycles. The Kier molecular flexibility index (Phi) is 3.88. The van der Waals surface area contributed by atoms with Gasteiger partial charge in [-0.3, -0.25) is 0 Å². The number of aliphatic carboxylic acids is 1. The zero-order valence-corrected chi connectivity index (χ0v) is 9.77. The van der Waals surface area contributed by atoms with Crippen molar-refractivity contribution in [2.45, 2.75) is 12.2 Å². The Labute approximate surface area is 93.1 Å². The van der Waals surface area contributed by atoms with Gasteiger partial charge in [0.2, 0.25) is 0 Å². The van der Waals surface area contributed by atoms with Crippen LogP contribution in [0.25, 0.3) is 0 Å². The van der Waals surface area contributed by atoms with Gasteiger partial charge in [-0.15, -0.1) is 0 Å². The first-order valence-electron chi connectivity index (χ1n) is 4.19. The zero-order valence-electron chi connectivity index (χ0n) is 8.06. The van der Waals surface area contributed by atoms with E-state index in [0.29, 0.717) is 4.46 Å². The van der Waals surface area contributed by atoms with Gasteiger partial charge in [0.15, 0.2) is 0 Å². The molecule has 0 atom stereocenters. The van der Waals surface area contributed by atoms with E-state index in [0.717, 1.165) is 5.56 Å². The van der Waals surface area contributed by atoms with Gasteiger partial charge in [-0.2, -0.15) is 0 Å². The summed E-state index contributed by atoms with van der Waals surface area (Å²) >= 11 is -0.326. The van der Waals surface area contributed by atoms with Gasteiger partial charge in [0, 0.05) is 0 Å². The van der Waals surface area contributed by atoms with Gasteiger partial charge < -0.3 is 0 Å². The van der Waals surface area contributed by atoms with E-state index in [1.54, 1.807) is 25.1 Å². The van der Waals surface area contributed by atoms with Crippen molar-refractivity contribution in [2.24, 2.45) is 0 Å². The molecule has 0 radical (unpaired) electrons. The summed E-state index contributed by atoms with van der Waals surface area (Å²) in [6.07, 6.45) is 0. The Balaban J connectivity index is 2.95. The molecule has 0 aromatic heterocycles. The van der Waals surface area contributed by atoms with Crippen LogP contribution in [0.3, 0.4) is 0 Å². The average Bonchev–Trinajstić information content (AvgIpc) is 2.15. The minimum absolute atomic E-state index is 0.0103. The van der Waals surface area contributed by atoms with Crippen LogP contribution in [0.4, 0.5) is 0 Å². The van der Waals surface area contributed by atoms with Crippen LogP contribution in [0.5, 0.6) is 0 Å². The van der Waals surface area contributed by atoms with Crippen LogP contribution < -0.4 is 4.46 Å². The number of rotatable bonds is 4. The molecule has 5 heteroatoms. The van der Waals surface area contributed by atoms with Crippen molar-refractivity contribution in [3.8, 4) is 0 Å². The molecule has 0 heterocycles. The van der Waals surface area contributed by atoms with Crippen molar-refractivity contribution < 1.29 is 19.8 Å². The number of hydrogen-bond donors (Lipinski definition) is 2. The third-order valence-electron chi connectivity index (χ3n) is 1.72. The van der Waals surface area contributed by atoms with Crippen LogP contribution >= 0.6 is 0 Å². The van der Waals surface area contributed by atoms with E-state index in [-0.39, 0.29) is 25.8 Å². The molecule has 0 unspecified atom stereocenters. The molecule has 0 amide bonds. The fraction of sp³-hybridized carbons (Fsp3) is 0.200. The number of benzene rings is 1. The molecule has 1 aromatic carbocycles. The Morgan fingerprint density at radius 2 is 2.00 bits per heavy atom. The van der Waals surface area contributed by atoms with E-state index in [4.69, 9.17) is 10.2 Å². The van der Waals surface area contributed by atoms with Crippen molar-refractivity contribution in [1.82, 2.24) is 0 Å². The predicted molar refractivity (Wildman–Crippen MR) is 56.0 cm³/mol. The molecule has 0 aliphatic carbocycles. The van der Waals surface area contributed by atoms with Gasteiger partial charge in [-0.05, 0) is 0 Å². The van der Waals surface area contributed by atoms with E-state index in [1.165, 1.54) is 0 Å². The Bertz CT molecular complexity index is 400. The van der Waals surface area contributed by atoms with Gasteiger partial charge >= 0.3 is 92.7 Å². The third kappa shape index (κ3) is 3.38. The molecular weight excluding hydrogens is 263 g/mol. The van der Waals surface area contributed by atoms with Crippen LogP contribution in [-0.2, 0) is 4.79 Å². The van der Waals surface area contributed by atoms with E-state index < -0.39 is 11.9 Å².